The molecule has 21 heavy (non-hydrogen) atoms. The highest BCUT2D eigenvalue weighted by molar-refractivity contribution is 6.30. The van der Waals surface area contributed by atoms with Crippen LogP contribution in [0.2, 0.25) is 5.02 Å². The first-order valence-corrected chi connectivity index (χ1v) is 7.33. The molecule has 2 rings (SSSR count). The van der Waals surface area contributed by atoms with Gasteiger partial charge in [-0.1, -0.05) is 36.7 Å². The number of ether oxygens (including phenoxy) is 1. The normalized spacial score (nSPS) is 12.2. The van der Waals surface area contributed by atoms with Gasteiger partial charge in [0.2, 0.25) is 0 Å². The lowest BCUT2D eigenvalue weighted by molar-refractivity contribution is 0.385. The highest BCUT2D eigenvalue weighted by Gasteiger charge is 2.14. The van der Waals surface area contributed by atoms with Crippen LogP contribution >= 0.6 is 11.6 Å². The van der Waals surface area contributed by atoms with Gasteiger partial charge in [-0.05, 0) is 48.4 Å². The summed E-state index contributed by atoms with van der Waals surface area (Å²) in [6, 6.07) is 12.9. The largest absolute Gasteiger partial charge is 0.494 e. The van der Waals surface area contributed by atoms with E-state index in [1.807, 2.05) is 37.3 Å². The van der Waals surface area contributed by atoms with Crippen LogP contribution in [0.25, 0.3) is 0 Å². The van der Waals surface area contributed by atoms with Crippen molar-refractivity contribution in [3.05, 3.63) is 64.4 Å². The number of benzene rings is 2. The fourth-order valence-electron chi connectivity index (χ4n) is 2.31. The fraction of sp³-hybridized carbons (Fsp3) is 0.294. The molecule has 4 heteroatoms. The van der Waals surface area contributed by atoms with E-state index in [1.54, 1.807) is 6.07 Å². The Morgan fingerprint density at radius 3 is 2.48 bits per heavy atom. The Bertz CT molecular complexity index is 586. The summed E-state index contributed by atoms with van der Waals surface area (Å²) in [5.74, 6) is -0.0745. The third-order valence-electron chi connectivity index (χ3n) is 3.38. The molecule has 0 aliphatic heterocycles. The SMILES string of the molecule is CCNC(Cc1ccc(Cl)cc1)c1ccc(OC)c(F)c1. The van der Waals surface area contributed by atoms with Crippen LogP contribution < -0.4 is 10.1 Å². The van der Waals surface area contributed by atoms with Gasteiger partial charge in [-0.15, -0.1) is 0 Å². The number of nitrogens with one attached hydrogen (secondary N) is 1. The van der Waals surface area contributed by atoms with Gasteiger partial charge in [0.25, 0.3) is 0 Å². The summed E-state index contributed by atoms with van der Waals surface area (Å²) in [5.41, 5.74) is 2.06. The van der Waals surface area contributed by atoms with Gasteiger partial charge in [-0.2, -0.15) is 0 Å². The Labute approximate surface area is 129 Å². The van der Waals surface area contributed by atoms with E-state index in [9.17, 15) is 4.39 Å². The first kappa shape index (κ1) is 15.8. The Morgan fingerprint density at radius 2 is 1.90 bits per heavy atom. The molecule has 0 aliphatic rings. The number of likely N-dealkylation sites (N-methyl/N-ethyl adjacent to an activating group) is 1. The van der Waals surface area contributed by atoms with Crippen molar-refractivity contribution in [1.29, 1.82) is 0 Å². The number of rotatable bonds is 6. The molecular formula is C17H19ClFNO. The monoisotopic (exact) mass is 307 g/mol. The number of methoxy groups -OCH3 is 1. The first-order valence-electron chi connectivity index (χ1n) is 6.95. The summed E-state index contributed by atoms with van der Waals surface area (Å²) in [7, 11) is 1.47. The maximum Gasteiger partial charge on any atom is 0.165 e. The molecule has 2 aromatic rings. The summed E-state index contributed by atoms with van der Waals surface area (Å²) >= 11 is 5.90. The second-order valence-electron chi connectivity index (χ2n) is 4.83. The summed E-state index contributed by atoms with van der Waals surface area (Å²) < 4.78 is 18.8. The summed E-state index contributed by atoms with van der Waals surface area (Å²) in [6.07, 6.45) is 0.775. The molecule has 0 saturated heterocycles. The first-order chi connectivity index (χ1) is 10.1. The minimum absolute atomic E-state index is 0.0524. The molecule has 0 saturated carbocycles. The number of hydrogen-bond donors (Lipinski definition) is 1. The van der Waals surface area contributed by atoms with Crippen molar-refractivity contribution in [2.24, 2.45) is 0 Å². The van der Waals surface area contributed by atoms with E-state index in [0.717, 1.165) is 24.1 Å². The van der Waals surface area contributed by atoms with E-state index >= 15 is 0 Å². The van der Waals surface area contributed by atoms with E-state index < -0.39 is 0 Å². The molecule has 1 atom stereocenters. The van der Waals surface area contributed by atoms with Gasteiger partial charge in [-0.25, -0.2) is 4.39 Å². The summed E-state index contributed by atoms with van der Waals surface area (Å²) in [5, 5.41) is 4.10. The molecule has 0 aromatic heterocycles. The van der Waals surface area contributed by atoms with Crippen molar-refractivity contribution >= 4 is 11.6 Å². The van der Waals surface area contributed by atoms with Gasteiger partial charge in [0, 0.05) is 11.1 Å². The van der Waals surface area contributed by atoms with E-state index in [2.05, 4.69) is 5.32 Å². The standard InChI is InChI=1S/C17H19ClFNO/c1-3-20-16(10-12-4-7-14(18)8-5-12)13-6-9-17(21-2)15(19)11-13/h4-9,11,16,20H,3,10H2,1-2H3. The third kappa shape index (κ3) is 4.19. The third-order valence-corrected chi connectivity index (χ3v) is 3.63. The lowest BCUT2D eigenvalue weighted by atomic mass is 9.98. The van der Waals surface area contributed by atoms with Crippen molar-refractivity contribution in [3.8, 4) is 5.75 Å². The van der Waals surface area contributed by atoms with Crippen molar-refractivity contribution in [1.82, 2.24) is 5.32 Å². The Kier molecular flexibility index (Phi) is 5.59. The van der Waals surface area contributed by atoms with Crippen LogP contribution in [-0.4, -0.2) is 13.7 Å². The molecular weight excluding hydrogens is 289 g/mol. The summed E-state index contributed by atoms with van der Waals surface area (Å²) in [4.78, 5) is 0. The van der Waals surface area contributed by atoms with Crippen molar-refractivity contribution < 1.29 is 9.13 Å². The number of hydrogen-bond acceptors (Lipinski definition) is 2. The number of halogens is 2. The second-order valence-corrected chi connectivity index (χ2v) is 5.27. The van der Waals surface area contributed by atoms with Gasteiger partial charge >= 0.3 is 0 Å². The molecule has 2 aromatic carbocycles. The highest BCUT2D eigenvalue weighted by Crippen LogP contribution is 2.24. The molecule has 2 nitrogen and oxygen atoms in total. The van der Waals surface area contributed by atoms with Crippen LogP contribution in [0, 0.1) is 5.82 Å². The molecule has 0 radical (unpaired) electrons. The zero-order valence-corrected chi connectivity index (χ0v) is 13.0. The van der Waals surface area contributed by atoms with Crippen LogP contribution in [0.4, 0.5) is 4.39 Å². The maximum atomic E-state index is 13.9. The minimum atomic E-state index is -0.339. The molecule has 0 spiro atoms. The predicted molar refractivity (Wildman–Crippen MR) is 84.5 cm³/mol. The second kappa shape index (κ2) is 7.43. The Balaban J connectivity index is 2.21. The molecule has 1 N–H and O–H groups in total. The highest BCUT2D eigenvalue weighted by atomic mass is 35.5. The lowest BCUT2D eigenvalue weighted by Gasteiger charge is -2.19. The maximum absolute atomic E-state index is 13.9. The van der Waals surface area contributed by atoms with E-state index in [0.29, 0.717) is 5.02 Å². The van der Waals surface area contributed by atoms with Crippen LogP contribution in [0.3, 0.4) is 0 Å². The van der Waals surface area contributed by atoms with Gasteiger partial charge in [0.1, 0.15) is 0 Å². The van der Waals surface area contributed by atoms with Gasteiger partial charge < -0.3 is 10.1 Å². The zero-order valence-electron chi connectivity index (χ0n) is 12.2. The lowest BCUT2D eigenvalue weighted by Crippen LogP contribution is -2.23. The van der Waals surface area contributed by atoms with Crippen molar-refractivity contribution in [2.45, 2.75) is 19.4 Å². The molecule has 112 valence electrons. The van der Waals surface area contributed by atoms with Gasteiger partial charge in [-0.3, -0.25) is 0 Å². The molecule has 0 aliphatic carbocycles. The average Bonchev–Trinajstić information content (AvgIpc) is 2.49. The zero-order chi connectivity index (χ0) is 15.2. The predicted octanol–water partition coefficient (Wildman–Crippen LogP) is 4.38. The molecule has 0 fully saturated rings. The van der Waals surface area contributed by atoms with E-state index in [-0.39, 0.29) is 17.6 Å². The fourth-order valence-corrected chi connectivity index (χ4v) is 2.44. The van der Waals surface area contributed by atoms with Crippen LogP contribution in [-0.2, 0) is 6.42 Å². The Morgan fingerprint density at radius 1 is 1.19 bits per heavy atom. The minimum Gasteiger partial charge on any atom is -0.494 e. The smallest absolute Gasteiger partial charge is 0.165 e. The van der Waals surface area contributed by atoms with Gasteiger partial charge in [0.15, 0.2) is 11.6 Å². The molecule has 0 amide bonds. The van der Waals surface area contributed by atoms with Crippen LogP contribution in [0.5, 0.6) is 5.75 Å². The molecule has 0 bridgehead atoms. The topological polar surface area (TPSA) is 21.3 Å². The van der Waals surface area contributed by atoms with E-state index in [4.69, 9.17) is 16.3 Å². The Hall–Kier alpha value is -1.58. The van der Waals surface area contributed by atoms with Crippen molar-refractivity contribution in [3.63, 3.8) is 0 Å². The van der Waals surface area contributed by atoms with E-state index in [1.165, 1.54) is 13.2 Å². The van der Waals surface area contributed by atoms with Gasteiger partial charge in [0.05, 0.1) is 7.11 Å². The molecule has 1 unspecified atom stereocenters. The van der Waals surface area contributed by atoms with Crippen molar-refractivity contribution in [2.75, 3.05) is 13.7 Å². The quantitative estimate of drug-likeness (QED) is 0.855. The van der Waals surface area contributed by atoms with Crippen LogP contribution in [0.15, 0.2) is 42.5 Å². The summed E-state index contributed by atoms with van der Waals surface area (Å²) in [6.45, 7) is 2.85. The molecule has 0 heterocycles. The van der Waals surface area contributed by atoms with Crippen LogP contribution in [0.1, 0.15) is 24.1 Å². The average molecular weight is 308 g/mol.